The molecular formula is C11H14FN3O. The summed E-state index contributed by atoms with van der Waals surface area (Å²) in [6.07, 6.45) is 0. The highest BCUT2D eigenvalue weighted by Gasteiger charge is 2.18. The number of nitrogens with one attached hydrogen (secondary N) is 3. The summed E-state index contributed by atoms with van der Waals surface area (Å²) in [6.45, 7) is 2.06. The van der Waals surface area contributed by atoms with Crippen LogP contribution in [0.25, 0.3) is 0 Å². The van der Waals surface area contributed by atoms with Gasteiger partial charge in [0.15, 0.2) is 0 Å². The van der Waals surface area contributed by atoms with Crippen LogP contribution in [0.1, 0.15) is 5.56 Å². The molecule has 1 aromatic carbocycles. The fourth-order valence-corrected chi connectivity index (χ4v) is 1.41. The number of carbonyl (C=O) groups is 1. The molecule has 0 atom stereocenters. The molecule has 0 unspecified atom stereocenters. The SMILES string of the molecule is O=C(NCc1ccc(F)cc1)NC1CNC1. The van der Waals surface area contributed by atoms with E-state index >= 15 is 0 Å². The van der Waals surface area contributed by atoms with Crippen molar-refractivity contribution >= 4 is 6.03 Å². The monoisotopic (exact) mass is 223 g/mol. The second kappa shape index (κ2) is 4.94. The van der Waals surface area contributed by atoms with Crippen LogP contribution in [0, 0.1) is 5.82 Å². The number of carbonyl (C=O) groups excluding carboxylic acids is 1. The zero-order valence-electron chi connectivity index (χ0n) is 8.79. The summed E-state index contributed by atoms with van der Waals surface area (Å²) in [7, 11) is 0. The van der Waals surface area contributed by atoms with Gasteiger partial charge >= 0.3 is 6.03 Å². The molecule has 1 saturated heterocycles. The van der Waals surface area contributed by atoms with E-state index in [1.165, 1.54) is 12.1 Å². The predicted molar refractivity (Wildman–Crippen MR) is 58.4 cm³/mol. The first kappa shape index (κ1) is 10.9. The molecule has 0 radical (unpaired) electrons. The van der Waals surface area contributed by atoms with Crippen molar-refractivity contribution in [3.05, 3.63) is 35.6 Å². The second-order valence-electron chi connectivity index (χ2n) is 3.81. The normalized spacial score (nSPS) is 15.3. The standard InChI is InChI=1S/C11H14FN3O/c12-9-3-1-8(2-4-9)5-14-11(16)15-10-6-13-7-10/h1-4,10,13H,5-7H2,(H2,14,15,16). The Morgan fingerprint density at radius 3 is 2.62 bits per heavy atom. The van der Waals surface area contributed by atoms with Gasteiger partial charge in [-0.2, -0.15) is 0 Å². The lowest BCUT2D eigenvalue weighted by molar-refractivity contribution is 0.231. The van der Waals surface area contributed by atoms with Crippen LogP contribution in [0.15, 0.2) is 24.3 Å². The third kappa shape index (κ3) is 2.93. The topological polar surface area (TPSA) is 53.2 Å². The minimum Gasteiger partial charge on any atom is -0.334 e. The van der Waals surface area contributed by atoms with E-state index in [1.807, 2.05) is 0 Å². The molecule has 2 rings (SSSR count). The summed E-state index contributed by atoms with van der Waals surface area (Å²) in [4.78, 5) is 11.4. The summed E-state index contributed by atoms with van der Waals surface area (Å²) in [5, 5.41) is 8.59. The van der Waals surface area contributed by atoms with Crippen molar-refractivity contribution in [2.75, 3.05) is 13.1 Å². The lowest BCUT2D eigenvalue weighted by Crippen LogP contribution is -2.58. The first-order chi connectivity index (χ1) is 7.74. The van der Waals surface area contributed by atoms with E-state index in [0.29, 0.717) is 6.54 Å². The van der Waals surface area contributed by atoms with Gasteiger partial charge < -0.3 is 16.0 Å². The Morgan fingerprint density at radius 2 is 2.06 bits per heavy atom. The molecule has 0 aromatic heterocycles. The average molecular weight is 223 g/mol. The van der Waals surface area contributed by atoms with Crippen molar-refractivity contribution in [2.24, 2.45) is 0 Å². The summed E-state index contributed by atoms with van der Waals surface area (Å²) < 4.78 is 12.6. The van der Waals surface area contributed by atoms with Crippen LogP contribution in [0.5, 0.6) is 0 Å². The summed E-state index contributed by atoms with van der Waals surface area (Å²) in [5.41, 5.74) is 0.878. The number of amides is 2. The molecule has 86 valence electrons. The van der Waals surface area contributed by atoms with Gasteiger partial charge in [0.25, 0.3) is 0 Å². The van der Waals surface area contributed by atoms with Gasteiger partial charge in [-0.3, -0.25) is 0 Å². The lowest BCUT2D eigenvalue weighted by atomic mass is 10.2. The largest absolute Gasteiger partial charge is 0.334 e. The van der Waals surface area contributed by atoms with Gasteiger partial charge in [-0.05, 0) is 17.7 Å². The Labute approximate surface area is 93.2 Å². The first-order valence-corrected chi connectivity index (χ1v) is 5.23. The maximum absolute atomic E-state index is 12.6. The molecule has 0 saturated carbocycles. The van der Waals surface area contributed by atoms with Gasteiger partial charge in [0.05, 0.1) is 6.04 Å². The molecule has 3 N–H and O–H groups in total. The summed E-state index contributed by atoms with van der Waals surface area (Å²) >= 11 is 0. The quantitative estimate of drug-likeness (QED) is 0.702. The van der Waals surface area contributed by atoms with Gasteiger partial charge in [0, 0.05) is 19.6 Å². The fourth-order valence-electron chi connectivity index (χ4n) is 1.41. The average Bonchev–Trinajstić information content (AvgIpc) is 2.23. The van der Waals surface area contributed by atoms with Gasteiger partial charge in [-0.25, -0.2) is 9.18 Å². The van der Waals surface area contributed by atoms with Crippen LogP contribution in [0.3, 0.4) is 0 Å². The molecule has 4 nitrogen and oxygen atoms in total. The highest BCUT2D eigenvalue weighted by atomic mass is 19.1. The number of rotatable bonds is 3. The van der Waals surface area contributed by atoms with E-state index in [2.05, 4.69) is 16.0 Å². The van der Waals surface area contributed by atoms with E-state index in [1.54, 1.807) is 12.1 Å². The smallest absolute Gasteiger partial charge is 0.315 e. The van der Waals surface area contributed by atoms with Crippen LogP contribution in [-0.4, -0.2) is 25.2 Å². The Bertz CT molecular complexity index is 362. The number of halogens is 1. The molecule has 0 aliphatic carbocycles. The zero-order valence-corrected chi connectivity index (χ0v) is 8.79. The number of hydrogen-bond acceptors (Lipinski definition) is 2. The van der Waals surface area contributed by atoms with E-state index in [4.69, 9.17) is 0 Å². The Morgan fingerprint density at radius 1 is 1.38 bits per heavy atom. The summed E-state index contributed by atoms with van der Waals surface area (Å²) in [6, 6.07) is 6.11. The maximum atomic E-state index is 12.6. The second-order valence-corrected chi connectivity index (χ2v) is 3.81. The van der Waals surface area contributed by atoms with Crippen molar-refractivity contribution in [1.82, 2.24) is 16.0 Å². The third-order valence-corrected chi connectivity index (χ3v) is 2.48. The van der Waals surface area contributed by atoms with Crippen molar-refractivity contribution in [1.29, 1.82) is 0 Å². The molecule has 1 aromatic rings. The van der Waals surface area contributed by atoms with E-state index in [0.717, 1.165) is 18.7 Å². The Hall–Kier alpha value is -1.62. The molecule has 1 aliphatic heterocycles. The Kier molecular flexibility index (Phi) is 3.36. The van der Waals surface area contributed by atoms with Crippen molar-refractivity contribution in [3.8, 4) is 0 Å². The predicted octanol–water partition coefficient (Wildman–Crippen LogP) is 0.597. The van der Waals surface area contributed by atoms with Crippen LogP contribution in [0.4, 0.5) is 9.18 Å². The minimum atomic E-state index is -0.270. The van der Waals surface area contributed by atoms with Crippen molar-refractivity contribution < 1.29 is 9.18 Å². The molecule has 16 heavy (non-hydrogen) atoms. The molecule has 2 amide bonds. The molecule has 1 aliphatic rings. The lowest BCUT2D eigenvalue weighted by Gasteiger charge is -2.27. The van der Waals surface area contributed by atoms with Gasteiger partial charge in [0.1, 0.15) is 5.82 Å². The van der Waals surface area contributed by atoms with Crippen molar-refractivity contribution in [3.63, 3.8) is 0 Å². The number of hydrogen-bond donors (Lipinski definition) is 3. The summed E-state index contributed by atoms with van der Waals surface area (Å²) in [5.74, 6) is -0.270. The maximum Gasteiger partial charge on any atom is 0.315 e. The van der Waals surface area contributed by atoms with Crippen LogP contribution in [-0.2, 0) is 6.54 Å². The minimum absolute atomic E-state index is 0.184. The fraction of sp³-hybridized carbons (Fsp3) is 0.364. The number of urea groups is 1. The highest BCUT2D eigenvalue weighted by molar-refractivity contribution is 5.74. The Balaban J connectivity index is 1.73. The van der Waals surface area contributed by atoms with Gasteiger partial charge in [0.2, 0.25) is 0 Å². The van der Waals surface area contributed by atoms with E-state index < -0.39 is 0 Å². The van der Waals surface area contributed by atoms with Gasteiger partial charge in [-0.1, -0.05) is 12.1 Å². The zero-order chi connectivity index (χ0) is 11.4. The van der Waals surface area contributed by atoms with Crippen LogP contribution in [0.2, 0.25) is 0 Å². The van der Waals surface area contributed by atoms with Crippen molar-refractivity contribution in [2.45, 2.75) is 12.6 Å². The molecule has 0 spiro atoms. The highest BCUT2D eigenvalue weighted by Crippen LogP contribution is 2.01. The van der Waals surface area contributed by atoms with E-state index in [-0.39, 0.29) is 17.9 Å². The molecule has 1 heterocycles. The van der Waals surface area contributed by atoms with E-state index in [9.17, 15) is 9.18 Å². The third-order valence-electron chi connectivity index (χ3n) is 2.48. The van der Waals surface area contributed by atoms with Gasteiger partial charge in [-0.15, -0.1) is 0 Å². The molecule has 0 bridgehead atoms. The first-order valence-electron chi connectivity index (χ1n) is 5.23. The molecule has 5 heteroatoms. The number of benzene rings is 1. The molecular weight excluding hydrogens is 209 g/mol. The molecule has 1 fully saturated rings. The van der Waals surface area contributed by atoms with Crippen LogP contribution >= 0.6 is 0 Å². The van der Waals surface area contributed by atoms with Crippen LogP contribution < -0.4 is 16.0 Å².